The van der Waals surface area contributed by atoms with Gasteiger partial charge in [0.2, 0.25) is 9.05 Å². The molecule has 0 fully saturated rings. The van der Waals surface area contributed by atoms with Crippen molar-refractivity contribution in [2.45, 2.75) is 25.5 Å². The SMILES string of the molecule is COc1c(CS(=O)(=O)Cl)cc(C)cc1C(C)(F)F. The van der Waals surface area contributed by atoms with Gasteiger partial charge in [0.15, 0.2) is 0 Å². The number of aryl methyl sites for hydroxylation is 1. The van der Waals surface area contributed by atoms with Gasteiger partial charge in [0.1, 0.15) is 5.75 Å². The fraction of sp³-hybridized carbons (Fsp3) is 0.455. The molecule has 0 spiro atoms. The number of rotatable bonds is 4. The summed E-state index contributed by atoms with van der Waals surface area (Å²) in [6.07, 6.45) is 0. The summed E-state index contributed by atoms with van der Waals surface area (Å²) in [6.45, 7) is 2.32. The lowest BCUT2D eigenvalue weighted by molar-refractivity contribution is 0.0149. The Bertz CT molecular complexity index is 550. The summed E-state index contributed by atoms with van der Waals surface area (Å²) in [5, 5.41) is 0. The largest absolute Gasteiger partial charge is 0.496 e. The minimum absolute atomic E-state index is 0.129. The van der Waals surface area contributed by atoms with Crippen molar-refractivity contribution in [1.82, 2.24) is 0 Å². The van der Waals surface area contributed by atoms with Gasteiger partial charge in [-0.2, -0.15) is 0 Å². The van der Waals surface area contributed by atoms with Crippen LogP contribution in [0.25, 0.3) is 0 Å². The Hall–Kier alpha value is -0.880. The van der Waals surface area contributed by atoms with E-state index in [-0.39, 0.29) is 16.9 Å². The van der Waals surface area contributed by atoms with Crippen LogP contribution in [-0.4, -0.2) is 15.5 Å². The molecule has 3 nitrogen and oxygen atoms in total. The molecule has 1 rings (SSSR count). The third-order valence-corrected chi connectivity index (χ3v) is 3.30. The van der Waals surface area contributed by atoms with Crippen LogP contribution in [0.1, 0.15) is 23.6 Å². The van der Waals surface area contributed by atoms with E-state index in [1.54, 1.807) is 6.92 Å². The second-order valence-corrected chi connectivity index (χ2v) is 6.85. The van der Waals surface area contributed by atoms with Crippen LogP contribution in [0.4, 0.5) is 8.78 Å². The third-order valence-electron chi connectivity index (χ3n) is 2.32. The monoisotopic (exact) mass is 298 g/mol. The number of halogens is 3. The molecule has 0 unspecified atom stereocenters. The topological polar surface area (TPSA) is 43.4 Å². The maximum absolute atomic E-state index is 13.4. The predicted octanol–water partition coefficient (Wildman–Crippen LogP) is 3.18. The van der Waals surface area contributed by atoms with E-state index < -0.39 is 20.7 Å². The molecule has 1 aromatic carbocycles. The first-order valence-corrected chi connectivity index (χ1v) is 7.50. The van der Waals surface area contributed by atoms with Crippen molar-refractivity contribution in [3.63, 3.8) is 0 Å². The van der Waals surface area contributed by atoms with Gasteiger partial charge in [0, 0.05) is 23.2 Å². The standard InChI is InChI=1S/C11H13ClF2O3S/c1-7-4-8(6-18(12,15)16)10(17-3)9(5-7)11(2,13)14/h4-5H,6H2,1-3H3. The van der Waals surface area contributed by atoms with Gasteiger partial charge < -0.3 is 4.74 Å². The molecule has 0 heterocycles. The van der Waals surface area contributed by atoms with E-state index in [1.165, 1.54) is 19.2 Å². The molecule has 1 aromatic rings. The van der Waals surface area contributed by atoms with Crippen LogP contribution in [0, 0.1) is 6.92 Å². The molecule has 0 aliphatic heterocycles. The average Bonchev–Trinajstić information content (AvgIpc) is 2.12. The summed E-state index contributed by atoms with van der Waals surface area (Å²) in [6, 6.07) is 2.73. The van der Waals surface area contributed by atoms with Gasteiger partial charge in [0.05, 0.1) is 18.4 Å². The zero-order chi connectivity index (χ0) is 14.1. The highest BCUT2D eigenvalue weighted by molar-refractivity contribution is 8.13. The Labute approximate surface area is 109 Å². The highest BCUT2D eigenvalue weighted by atomic mass is 35.7. The average molecular weight is 299 g/mol. The van der Waals surface area contributed by atoms with Crippen LogP contribution in [0.15, 0.2) is 12.1 Å². The lowest BCUT2D eigenvalue weighted by atomic mass is 10.0. The molecule has 0 amide bonds. The molecule has 0 N–H and O–H groups in total. The third kappa shape index (κ3) is 3.81. The molecule has 0 bridgehead atoms. The zero-order valence-electron chi connectivity index (χ0n) is 10.1. The molecule has 0 radical (unpaired) electrons. The van der Waals surface area contributed by atoms with Crippen molar-refractivity contribution in [1.29, 1.82) is 0 Å². The van der Waals surface area contributed by atoms with Crippen LogP contribution in [0.5, 0.6) is 5.75 Å². The van der Waals surface area contributed by atoms with Crippen LogP contribution in [-0.2, 0) is 20.7 Å². The summed E-state index contributed by atoms with van der Waals surface area (Å²) in [7, 11) is 2.52. The van der Waals surface area contributed by atoms with Gasteiger partial charge in [0.25, 0.3) is 5.92 Å². The second kappa shape index (κ2) is 5.01. The number of alkyl halides is 2. The van der Waals surface area contributed by atoms with Crippen molar-refractivity contribution in [3.05, 3.63) is 28.8 Å². The molecule has 0 aromatic heterocycles. The molecule has 0 saturated heterocycles. The Morgan fingerprint density at radius 2 is 1.94 bits per heavy atom. The zero-order valence-corrected chi connectivity index (χ0v) is 11.7. The van der Waals surface area contributed by atoms with Crippen molar-refractivity contribution in [2.75, 3.05) is 7.11 Å². The van der Waals surface area contributed by atoms with E-state index in [1.807, 2.05) is 0 Å². The molecule has 102 valence electrons. The number of ether oxygens (including phenoxy) is 1. The highest BCUT2D eigenvalue weighted by Gasteiger charge is 2.31. The second-order valence-electron chi connectivity index (χ2n) is 4.08. The predicted molar refractivity (Wildman–Crippen MR) is 65.8 cm³/mol. The number of methoxy groups -OCH3 is 1. The summed E-state index contributed by atoms with van der Waals surface area (Å²) >= 11 is 0. The quantitative estimate of drug-likeness (QED) is 0.802. The minimum Gasteiger partial charge on any atom is -0.496 e. The number of benzene rings is 1. The maximum atomic E-state index is 13.4. The fourth-order valence-electron chi connectivity index (χ4n) is 1.71. The Morgan fingerprint density at radius 1 is 1.39 bits per heavy atom. The molecule has 0 saturated carbocycles. The lowest BCUT2D eigenvalue weighted by Gasteiger charge is -2.18. The molecular formula is C11H13ClF2O3S. The van der Waals surface area contributed by atoms with Gasteiger partial charge in [-0.3, -0.25) is 0 Å². The molecule has 0 aliphatic rings. The van der Waals surface area contributed by atoms with Gasteiger partial charge in [-0.25, -0.2) is 17.2 Å². The normalized spacial score (nSPS) is 12.6. The lowest BCUT2D eigenvalue weighted by Crippen LogP contribution is -2.12. The van der Waals surface area contributed by atoms with E-state index in [0.29, 0.717) is 5.56 Å². The van der Waals surface area contributed by atoms with Crippen molar-refractivity contribution in [2.24, 2.45) is 0 Å². The summed E-state index contributed by atoms with van der Waals surface area (Å²) in [4.78, 5) is 0. The van der Waals surface area contributed by atoms with Crippen LogP contribution >= 0.6 is 10.7 Å². The van der Waals surface area contributed by atoms with E-state index in [0.717, 1.165) is 6.92 Å². The Balaban J connectivity index is 3.48. The van der Waals surface area contributed by atoms with Crippen LogP contribution < -0.4 is 4.74 Å². The summed E-state index contributed by atoms with van der Waals surface area (Å²) in [5.74, 6) is -3.82. The minimum atomic E-state index is -3.84. The molecule has 0 aliphatic carbocycles. The highest BCUT2D eigenvalue weighted by Crippen LogP contribution is 2.38. The van der Waals surface area contributed by atoms with Crippen LogP contribution in [0.3, 0.4) is 0 Å². The first-order chi connectivity index (χ1) is 8.04. The number of hydrogen-bond donors (Lipinski definition) is 0. The smallest absolute Gasteiger partial charge is 0.274 e. The summed E-state index contributed by atoms with van der Waals surface area (Å²) in [5.41, 5.74) is 0.298. The Morgan fingerprint density at radius 3 is 2.33 bits per heavy atom. The van der Waals surface area contributed by atoms with Gasteiger partial charge in [-0.15, -0.1) is 0 Å². The van der Waals surface area contributed by atoms with Gasteiger partial charge in [-0.05, 0) is 13.0 Å². The van der Waals surface area contributed by atoms with Gasteiger partial charge >= 0.3 is 0 Å². The van der Waals surface area contributed by atoms with Crippen molar-refractivity contribution in [3.8, 4) is 5.75 Å². The molecule has 7 heteroatoms. The molecular weight excluding hydrogens is 286 g/mol. The van der Waals surface area contributed by atoms with Crippen molar-refractivity contribution >= 4 is 19.7 Å². The van der Waals surface area contributed by atoms with Gasteiger partial charge in [-0.1, -0.05) is 11.6 Å². The fourth-order valence-corrected chi connectivity index (χ4v) is 2.65. The first-order valence-electron chi connectivity index (χ1n) is 5.02. The van der Waals surface area contributed by atoms with Crippen LogP contribution in [0.2, 0.25) is 0 Å². The first kappa shape index (κ1) is 15.2. The van der Waals surface area contributed by atoms with E-state index in [4.69, 9.17) is 15.4 Å². The van der Waals surface area contributed by atoms with E-state index in [9.17, 15) is 17.2 Å². The maximum Gasteiger partial charge on any atom is 0.274 e. The van der Waals surface area contributed by atoms with E-state index in [2.05, 4.69) is 0 Å². The van der Waals surface area contributed by atoms with E-state index >= 15 is 0 Å². The Kier molecular flexibility index (Phi) is 4.23. The molecule has 18 heavy (non-hydrogen) atoms. The number of hydrogen-bond acceptors (Lipinski definition) is 3. The summed E-state index contributed by atoms with van der Waals surface area (Å²) < 4.78 is 53.9. The molecule has 0 atom stereocenters. The van der Waals surface area contributed by atoms with Crippen molar-refractivity contribution < 1.29 is 21.9 Å².